The van der Waals surface area contributed by atoms with Gasteiger partial charge in [0.2, 0.25) is 0 Å². The number of benzene rings is 1. The van der Waals surface area contributed by atoms with Crippen LogP contribution in [0, 0.1) is 12.3 Å². The van der Waals surface area contributed by atoms with Gasteiger partial charge in [-0.1, -0.05) is 12.0 Å². The highest BCUT2D eigenvalue weighted by atomic mass is 16.5. The van der Waals surface area contributed by atoms with Crippen molar-refractivity contribution in [2.45, 2.75) is 69.0 Å². The molecule has 1 aromatic rings. The molecule has 0 unspecified atom stereocenters. The Morgan fingerprint density at radius 3 is 2.61 bits per heavy atom. The molecule has 3 rings (SSSR count). The van der Waals surface area contributed by atoms with Crippen LogP contribution in [0.4, 0.5) is 0 Å². The summed E-state index contributed by atoms with van der Waals surface area (Å²) in [5.74, 6) is 4.50. The number of aliphatic hydroxyl groups is 1. The molecule has 0 aromatic heterocycles. The van der Waals surface area contributed by atoms with E-state index in [1.807, 2.05) is 18.2 Å². The van der Waals surface area contributed by atoms with Crippen LogP contribution in [0.2, 0.25) is 0 Å². The van der Waals surface area contributed by atoms with E-state index in [4.69, 9.17) is 15.9 Å². The van der Waals surface area contributed by atoms with Crippen molar-refractivity contribution in [2.24, 2.45) is 0 Å². The smallest absolute Gasteiger partial charge is 0.161 e. The highest BCUT2D eigenvalue weighted by Gasteiger charge is 2.36. The molecule has 0 heterocycles. The summed E-state index contributed by atoms with van der Waals surface area (Å²) in [7, 11) is 1.66. The molecule has 0 saturated heterocycles. The SMILES string of the molecule is C#C[C@]1(c2ccc(OC)c(OC3CCCC3)c2)CCC[C@@H](O)C1. The average molecular weight is 314 g/mol. The van der Waals surface area contributed by atoms with Crippen molar-refractivity contribution in [1.29, 1.82) is 0 Å². The second-order valence-electron chi connectivity index (χ2n) is 6.87. The van der Waals surface area contributed by atoms with Gasteiger partial charge in [0.15, 0.2) is 11.5 Å². The third kappa shape index (κ3) is 3.33. The van der Waals surface area contributed by atoms with Gasteiger partial charge in [0.25, 0.3) is 0 Å². The molecule has 0 amide bonds. The topological polar surface area (TPSA) is 38.7 Å². The molecule has 0 aliphatic heterocycles. The van der Waals surface area contributed by atoms with Gasteiger partial charge in [-0.2, -0.15) is 0 Å². The van der Waals surface area contributed by atoms with Crippen LogP contribution >= 0.6 is 0 Å². The number of hydrogen-bond acceptors (Lipinski definition) is 3. The Kier molecular flexibility index (Phi) is 4.82. The molecule has 124 valence electrons. The molecule has 2 saturated carbocycles. The maximum absolute atomic E-state index is 10.1. The molecule has 2 aliphatic carbocycles. The minimum absolute atomic E-state index is 0.276. The lowest BCUT2D eigenvalue weighted by Crippen LogP contribution is -2.34. The van der Waals surface area contributed by atoms with Crippen molar-refractivity contribution < 1.29 is 14.6 Å². The zero-order valence-corrected chi connectivity index (χ0v) is 13.9. The lowest BCUT2D eigenvalue weighted by molar-refractivity contribution is 0.103. The second-order valence-corrected chi connectivity index (χ2v) is 6.87. The summed E-state index contributed by atoms with van der Waals surface area (Å²) in [5, 5.41) is 10.1. The lowest BCUT2D eigenvalue weighted by Gasteiger charge is -2.36. The Bertz CT molecular complexity index is 583. The second kappa shape index (κ2) is 6.84. The van der Waals surface area contributed by atoms with Gasteiger partial charge in [-0.15, -0.1) is 6.42 Å². The monoisotopic (exact) mass is 314 g/mol. The van der Waals surface area contributed by atoms with Crippen molar-refractivity contribution in [1.82, 2.24) is 0 Å². The van der Waals surface area contributed by atoms with E-state index >= 15 is 0 Å². The number of ether oxygens (including phenoxy) is 2. The molecule has 3 nitrogen and oxygen atoms in total. The summed E-state index contributed by atoms with van der Waals surface area (Å²) in [4.78, 5) is 0. The Morgan fingerprint density at radius 1 is 1.17 bits per heavy atom. The van der Waals surface area contributed by atoms with Gasteiger partial charge in [0, 0.05) is 0 Å². The van der Waals surface area contributed by atoms with Gasteiger partial charge in [-0.25, -0.2) is 0 Å². The number of hydrogen-bond donors (Lipinski definition) is 1. The maximum atomic E-state index is 10.1. The quantitative estimate of drug-likeness (QED) is 0.859. The molecule has 2 aliphatic rings. The Labute approximate surface area is 139 Å². The zero-order valence-electron chi connectivity index (χ0n) is 13.9. The van der Waals surface area contributed by atoms with Gasteiger partial charge in [0.1, 0.15) is 0 Å². The van der Waals surface area contributed by atoms with Crippen molar-refractivity contribution in [3.05, 3.63) is 23.8 Å². The third-order valence-electron chi connectivity index (χ3n) is 5.31. The van der Waals surface area contributed by atoms with Gasteiger partial charge in [-0.05, 0) is 69.1 Å². The molecule has 0 radical (unpaired) electrons. The first-order valence-corrected chi connectivity index (χ1v) is 8.68. The van der Waals surface area contributed by atoms with Crippen molar-refractivity contribution in [3.8, 4) is 23.8 Å². The first-order valence-electron chi connectivity index (χ1n) is 8.68. The number of methoxy groups -OCH3 is 1. The molecule has 1 aromatic carbocycles. The summed E-state index contributed by atoms with van der Waals surface area (Å²) >= 11 is 0. The predicted molar refractivity (Wildman–Crippen MR) is 90.9 cm³/mol. The lowest BCUT2D eigenvalue weighted by atomic mass is 9.69. The third-order valence-corrected chi connectivity index (χ3v) is 5.31. The first-order chi connectivity index (χ1) is 11.2. The standard InChI is InChI=1S/C20H26O3/c1-3-20(12-6-7-16(21)14-20)15-10-11-18(22-2)19(13-15)23-17-8-4-5-9-17/h1,10-11,13,16-17,21H,4-9,12,14H2,2H3/t16-,20+/m1/s1. The summed E-state index contributed by atoms with van der Waals surface area (Å²) in [6.07, 6.45) is 13.8. The summed E-state index contributed by atoms with van der Waals surface area (Å²) < 4.78 is 11.6. The van der Waals surface area contributed by atoms with E-state index in [1.54, 1.807) is 7.11 Å². The normalized spacial score (nSPS) is 28.3. The number of aliphatic hydroxyl groups excluding tert-OH is 1. The summed E-state index contributed by atoms with van der Waals surface area (Å²) in [5.41, 5.74) is 0.671. The van der Waals surface area contributed by atoms with E-state index in [-0.39, 0.29) is 12.2 Å². The van der Waals surface area contributed by atoms with E-state index < -0.39 is 5.41 Å². The van der Waals surface area contributed by atoms with E-state index in [1.165, 1.54) is 12.8 Å². The Hall–Kier alpha value is -1.66. The van der Waals surface area contributed by atoms with Crippen LogP contribution in [-0.2, 0) is 5.41 Å². The van der Waals surface area contributed by atoms with Crippen LogP contribution in [0.5, 0.6) is 11.5 Å². The Morgan fingerprint density at radius 2 is 1.96 bits per heavy atom. The molecule has 0 spiro atoms. The van der Waals surface area contributed by atoms with E-state index in [0.29, 0.717) is 6.42 Å². The van der Waals surface area contributed by atoms with Crippen LogP contribution in [0.15, 0.2) is 18.2 Å². The molecule has 23 heavy (non-hydrogen) atoms. The summed E-state index contributed by atoms with van der Waals surface area (Å²) in [6.45, 7) is 0. The molecule has 2 fully saturated rings. The van der Waals surface area contributed by atoms with Gasteiger partial charge < -0.3 is 14.6 Å². The van der Waals surface area contributed by atoms with Gasteiger partial charge in [0.05, 0.1) is 24.7 Å². The van der Waals surface area contributed by atoms with Gasteiger partial charge >= 0.3 is 0 Å². The largest absolute Gasteiger partial charge is 0.493 e. The predicted octanol–water partition coefficient (Wildman–Crippen LogP) is 3.82. The molecule has 1 N–H and O–H groups in total. The van der Waals surface area contributed by atoms with Crippen molar-refractivity contribution >= 4 is 0 Å². The maximum Gasteiger partial charge on any atom is 0.161 e. The van der Waals surface area contributed by atoms with E-state index in [2.05, 4.69) is 5.92 Å². The van der Waals surface area contributed by atoms with Crippen LogP contribution in [-0.4, -0.2) is 24.4 Å². The fourth-order valence-electron chi connectivity index (χ4n) is 3.97. The molecular formula is C20H26O3. The van der Waals surface area contributed by atoms with Crippen molar-refractivity contribution in [3.63, 3.8) is 0 Å². The fraction of sp³-hybridized carbons (Fsp3) is 0.600. The molecule has 2 atom stereocenters. The van der Waals surface area contributed by atoms with Crippen LogP contribution in [0.25, 0.3) is 0 Å². The highest BCUT2D eigenvalue weighted by Crippen LogP contribution is 2.42. The van der Waals surface area contributed by atoms with Gasteiger partial charge in [-0.3, -0.25) is 0 Å². The first kappa shape index (κ1) is 16.2. The number of rotatable bonds is 4. The van der Waals surface area contributed by atoms with Crippen LogP contribution < -0.4 is 9.47 Å². The van der Waals surface area contributed by atoms with Crippen LogP contribution in [0.3, 0.4) is 0 Å². The fourth-order valence-corrected chi connectivity index (χ4v) is 3.97. The molecule has 0 bridgehead atoms. The highest BCUT2D eigenvalue weighted by molar-refractivity contribution is 5.48. The summed E-state index contributed by atoms with van der Waals surface area (Å²) in [6, 6.07) is 6.01. The molecule has 3 heteroatoms. The molecular weight excluding hydrogens is 288 g/mol. The minimum Gasteiger partial charge on any atom is -0.493 e. The van der Waals surface area contributed by atoms with Crippen LogP contribution in [0.1, 0.15) is 56.9 Å². The zero-order chi connectivity index (χ0) is 16.3. The Balaban J connectivity index is 1.91. The van der Waals surface area contributed by atoms with E-state index in [0.717, 1.165) is 49.2 Å². The number of terminal acetylenes is 1. The van der Waals surface area contributed by atoms with E-state index in [9.17, 15) is 5.11 Å². The van der Waals surface area contributed by atoms with Crippen molar-refractivity contribution in [2.75, 3.05) is 7.11 Å². The minimum atomic E-state index is -0.391. The average Bonchev–Trinajstić information content (AvgIpc) is 3.07.